The lowest BCUT2D eigenvalue weighted by Gasteiger charge is -2.20. The Morgan fingerprint density at radius 2 is 1.80 bits per heavy atom. The zero-order chi connectivity index (χ0) is 11.7. The molecule has 3 nitrogen and oxygen atoms in total. The highest BCUT2D eigenvalue weighted by molar-refractivity contribution is 5.84. The zero-order valence-corrected chi connectivity index (χ0v) is 8.28. The smallest absolute Gasteiger partial charge is 0.342 e. The Morgan fingerprint density at radius 1 is 1.27 bits per heavy atom. The summed E-state index contributed by atoms with van der Waals surface area (Å²) >= 11 is 0. The maximum absolute atomic E-state index is 12.4. The normalized spacial score (nSPS) is 18.4. The van der Waals surface area contributed by atoms with E-state index in [9.17, 15) is 22.8 Å². The topological polar surface area (TPSA) is 46.2 Å². The molecule has 0 spiro atoms. The molecule has 1 aliphatic rings. The van der Waals surface area contributed by atoms with Gasteiger partial charge in [0, 0.05) is 12.8 Å². The quantitative estimate of drug-likeness (QED) is 0.786. The molecule has 0 unspecified atom stereocenters. The monoisotopic (exact) mass is 223 g/mol. The highest BCUT2D eigenvalue weighted by Gasteiger charge is 2.64. The van der Waals surface area contributed by atoms with Crippen molar-refractivity contribution in [1.29, 1.82) is 0 Å². The third-order valence-corrected chi connectivity index (χ3v) is 2.38. The number of Topliss-reactive ketones (excluding diaryl/α,β-unsaturated/α-hetero) is 1. The van der Waals surface area contributed by atoms with Gasteiger partial charge in [-0.05, 0) is 19.8 Å². The minimum Gasteiger partial charge on any atom is -0.342 e. The number of ketones is 1. The van der Waals surface area contributed by atoms with Gasteiger partial charge >= 0.3 is 6.18 Å². The highest BCUT2D eigenvalue weighted by Crippen LogP contribution is 2.48. The molecule has 0 saturated heterocycles. The van der Waals surface area contributed by atoms with Crippen molar-refractivity contribution in [3.8, 4) is 0 Å². The fourth-order valence-electron chi connectivity index (χ4n) is 1.22. The molecule has 1 fully saturated rings. The van der Waals surface area contributed by atoms with Crippen LogP contribution in [0.3, 0.4) is 0 Å². The van der Waals surface area contributed by atoms with E-state index in [4.69, 9.17) is 0 Å². The van der Waals surface area contributed by atoms with Gasteiger partial charge in [0.15, 0.2) is 0 Å². The van der Waals surface area contributed by atoms with Crippen molar-refractivity contribution in [2.24, 2.45) is 0 Å². The van der Waals surface area contributed by atoms with E-state index in [1.807, 2.05) is 5.32 Å². The van der Waals surface area contributed by atoms with E-state index < -0.39 is 17.6 Å². The Bertz CT molecular complexity index is 282. The third-order valence-electron chi connectivity index (χ3n) is 2.38. The Hall–Kier alpha value is -1.07. The molecule has 1 N–H and O–H groups in total. The summed E-state index contributed by atoms with van der Waals surface area (Å²) in [7, 11) is 0. The van der Waals surface area contributed by atoms with Gasteiger partial charge in [-0.3, -0.25) is 4.79 Å². The van der Waals surface area contributed by atoms with Crippen LogP contribution in [-0.4, -0.2) is 23.4 Å². The van der Waals surface area contributed by atoms with Gasteiger partial charge in [0.05, 0.1) is 0 Å². The molecule has 0 bridgehead atoms. The van der Waals surface area contributed by atoms with Crippen molar-refractivity contribution in [3.05, 3.63) is 0 Å². The summed E-state index contributed by atoms with van der Waals surface area (Å²) in [5.41, 5.74) is -2.01. The van der Waals surface area contributed by atoms with E-state index in [1.165, 1.54) is 6.92 Å². The van der Waals surface area contributed by atoms with Crippen LogP contribution in [0.4, 0.5) is 13.2 Å². The van der Waals surface area contributed by atoms with Gasteiger partial charge in [-0.2, -0.15) is 13.2 Å². The van der Waals surface area contributed by atoms with Gasteiger partial charge in [-0.15, -0.1) is 0 Å². The molecule has 0 aromatic rings. The van der Waals surface area contributed by atoms with Crippen LogP contribution in [0.25, 0.3) is 0 Å². The SMILES string of the molecule is CC(=O)CCC(=O)NC1(C(F)(F)F)CC1. The highest BCUT2D eigenvalue weighted by atomic mass is 19.4. The molecule has 86 valence electrons. The summed E-state index contributed by atoms with van der Waals surface area (Å²) in [6.45, 7) is 1.30. The molecule has 0 heterocycles. The molecule has 1 amide bonds. The van der Waals surface area contributed by atoms with Gasteiger partial charge in [0.1, 0.15) is 11.3 Å². The number of alkyl halides is 3. The molecule has 1 aliphatic carbocycles. The zero-order valence-electron chi connectivity index (χ0n) is 8.28. The maximum Gasteiger partial charge on any atom is 0.411 e. The summed E-state index contributed by atoms with van der Waals surface area (Å²) in [6, 6.07) is 0. The molecule has 1 saturated carbocycles. The average molecular weight is 223 g/mol. The van der Waals surface area contributed by atoms with Crippen molar-refractivity contribution < 1.29 is 22.8 Å². The van der Waals surface area contributed by atoms with Crippen molar-refractivity contribution in [2.45, 2.75) is 44.3 Å². The first kappa shape index (κ1) is 12.0. The van der Waals surface area contributed by atoms with Crippen molar-refractivity contribution in [1.82, 2.24) is 5.32 Å². The second-order valence-electron chi connectivity index (χ2n) is 3.83. The van der Waals surface area contributed by atoms with Crippen LogP contribution in [0, 0.1) is 0 Å². The minimum absolute atomic E-state index is 0.0141. The fraction of sp³-hybridized carbons (Fsp3) is 0.778. The number of carbonyl (C=O) groups is 2. The van der Waals surface area contributed by atoms with Crippen LogP contribution in [0.5, 0.6) is 0 Å². The Balaban J connectivity index is 2.42. The minimum atomic E-state index is -4.39. The van der Waals surface area contributed by atoms with Crippen LogP contribution in [-0.2, 0) is 9.59 Å². The second-order valence-corrected chi connectivity index (χ2v) is 3.83. The summed E-state index contributed by atoms with van der Waals surface area (Å²) < 4.78 is 37.1. The third kappa shape index (κ3) is 2.94. The number of carbonyl (C=O) groups excluding carboxylic acids is 2. The van der Waals surface area contributed by atoms with Crippen molar-refractivity contribution in [3.63, 3.8) is 0 Å². The summed E-state index contributed by atoms with van der Waals surface area (Å²) in [5, 5.41) is 1.95. The predicted octanol–water partition coefficient (Wildman–Crippen LogP) is 1.57. The van der Waals surface area contributed by atoms with Crippen LogP contribution in [0.1, 0.15) is 32.6 Å². The first-order valence-corrected chi connectivity index (χ1v) is 4.64. The second kappa shape index (κ2) is 3.83. The van der Waals surface area contributed by atoms with E-state index >= 15 is 0 Å². The van der Waals surface area contributed by atoms with Gasteiger partial charge in [0.2, 0.25) is 5.91 Å². The number of amides is 1. The molecule has 15 heavy (non-hydrogen) atoms. The Labute approximate surface area is 85.0 Å². The number of hydrogen-bond donors (Lipinski definition) is 1. The lowest BCUT2D eigenvalue weighted by molar-refractivity contribution is -0.170. The van der Waals surface area contributed by atoms with E-state index in [1.54, 1.807) is 0 Å². The lowest BCUT2D eigenvalue weighted by atomic mass is 10.2. The number of hydrogen-bond acceptors (Lipinski definition) is 2. The first-order chi connectivity index (χ1) is 6.77. The van der Waals surface area contributed by atoms with Crippen molar-refractivity contribution in [2.75, 3.05) is 0 Å². The molecular weight excluding hydrogens is 211 g/mol. The first-order valence-electron chi connectivity index (χ1n) is 4.64. The summed E-state index contributed by atoms with van der Waals surface area (Å²) in [6.07, 6.45) is -4.71. The predicted molar refractivity (Wildman–Crippen MR) is 46.1 cm³/mol. The Morgan fingerprint density at radius 3 is 2.13 bits per heavy atom. The maximum atomic E-state index is 12.4. The standard InChI is InChI=1S/C9H12F3NO2/c1-6(14)2-3-7(15)13-8(4-5-8)9(10,11)12/h2-5H2,1H3,(H,13,15). The van der Waals surface area contributed by atoms with Gasteiger partial charge in [-0.25, -0.2) is 0 Å². The molecule has 0 aromatic heterocycles. The molecule has 1 rings (SSSR count). The molecule has 6 heteroatoms. The summed E-state index contributed by atoms with van der Waals surface area (Å²) in [4.78, 5) is 21.6. The fourth-order valence-corrected chi connectivity index (χ4v) is 1.22. The van der Waals surface area contributed by atoms with Gasteiger partial charge in [-0.1, -0.05) is 0 Å². The Kier molecular flexibility index (Phi) is 3.06. The number of nitrogens with one attached hydrogen (secondary N) is 1. The van der Waals surface area contributed by atoms with Crippen LogP contribution in [0.15, 0.2) is 0 Å². The number of halogens is 3. The van der Waals surface area contributed by atoms with Crippen molar-refractivity contribution >= 4 is 11.7 Å². The van der Waals surface area contributed by atoms with Gasteiger partial charge < -0.3 is 10.1 Å². The van der Waals surface area contributed by atoms with E-state index in [0.717, 1.165) is 0 Å². The molecule has 0 aliphatic heterocycles. The van der Waals surface area contributed by atoms with Crippen LogP contribution >= 0.6 is 0 Å². The van der Waals surface area contributed by atoms with E-state index in [-0.39, 0.29) is 31.5 Å². The van der Waals surface area contributed by atoms with E-state index in [2.05, 4.69) is 0 Å². The molecule has 0 aromatic carbocycles. The van der Waals surface area contributed by atoms with Gasteiger partial charge in [0.25, 0.3) is 0 Å². The average Bonchev–Trinajstić information content (AvgIpc) is 2.80. The van der Waals surface area contributed by atoms with Crippen LogP contribution in [0.2, 0.25) is 0 Å². The van der Waals surface area contributed by atoms with E-state index in [0.29, 0.717) is 0 Å². The lowest BCUT2D eigenvalue weighted by Crippen LogP contribution is -2.47. The number of rotatable bonds is 4. The van der Waals surface area contributed by atoms with Crippen LogP contribution < -0.4 is 5.32 Å². The molecule has 0 atom stereocenters. The largest absolute Gasteiger partial charge is 0.411 e. The molecular formula is C9H12F3NO2. The molecule has 0 radical (unpaired) electrons. The summed E-state index contributed by atoms with van der Waals surface area (Å²) in [5.74, 6) is -0.915.